The number of nitrogens with zero attached hydrogens (tertiary/aromatic N) is 2. The summed E-state index contributed by atoms with van der Waals surface area (Å²) in [5.74, 6) is 1.60. The van der Waals surface area contributed by atoms with Crippen LogP contribution in [0.2, 0.25) is 5.15 Å². The van der Waals surface area contributed by atoms with Crippen molar-refractivity contribution in [3.05, 3.63) is 22.2 Å². The first-order valence-corrected chi connectivity index (χ1v) is 6.27. The second kappa shape index (κ2) is 3.75. The Bertz CT molecular complexity index is 385. The molecule has 1 aromatic rings. The molecule has 0 spiro atoms. The number of fused-ring (bicyclic) bond motifs is 1. The second-order valence-electron chi connectivity index (χ2n) is 4.63. The first-order valence-electron chi connectivity index (χ1n) is 5.90. The van der Waals surface area contributed by atoms with Gasteiger partial charge in [0.25, 0.3) is 0 Å². The number of aryl methyl sites for hydroxylation is 1. The molecule has 0 unspecified atom stereocenters. The van der Waals surface area contributed by atoms with Gasteiger partial charge >= 0.3 is 0 Å². The van der Waals surface area contributed by atoms with Crippen molar-refractivity contribution in [2.24, 2.45) is 0 Å². The van der Waals surface area contributed by atoms with Gasteiger partial charge in [0.15, 0.2) is 0 Å². The van der Waals surface area contributed by atoms with Crippen LogP contribution in [0.25, 0.3) is 0 Å². The fourth-order valence-electron chi connectivity index (χ4n) is 2.42. The Hall–Kier alpha value is -0.630. The first kappa shape index (κ1) is 9.59. The Labute approximate surface area is 95.1 Å². The van der Waals surface area contributed by atoms with Gasteiger partial charge in [-0.25, -0.2) is 9.97 Å². The molecule has 2 nitrogen and oxygen atoms in total. The molecule has 0 saturated heterocycles. The van der Waals surface area contributed by atoms with Crippen LogP contribution in [-0.4, -0.2) is 9.97 Å². The molecule has 2 aliphatic carbocycles. The molecule has 3 rings (SSSR count). The van der Waals surface area contributed by atoms with Crippen LogP contribution in [0.5, 0.6) is 0 Å². The van der Waals surface area contributed by atoms with Gasteiger partial charge < -0.3 is 0 Å². The highest BCUT2D eigenvalue weighted by Crippen LogP contribution is 2.36. The Morgan fingerprint density at radius 2 is 1.80 bits per heavy atom. The van der Waals surface area contributed by atoms with E-state index >= 15 is 0 Å². The fraction of sp³-hybridized carbons (Fsp3) is 0.667. The van der Waals surface area contributed by atoms with E-state index in [4.69, 9.17) is 16.6 Å². The lowest BCUT2D eigenvalue weighted by Crippen LogP contribution is -2.17. The summed E-state index contributed by atoms with van der Waals surface area (Å²) >= 11 is 6.22. The topological polar surface area (TPSA) is 25.8 Å². The van der Waals surface area contributed by atoms with E-state index in [1.807, 2.05) is 0 Å². The van der Waals surface area contributed by atoms with E-state index in [9.17, 15) is 0 Å². The smallest absolute Gasteiger partial charge is 0.136 e. The third-order valence-corrected chi connectivity index (χ3v) is 3.93. The predicted octanol–water partition coefficient (Wildman–Crippen LogP) is 3.28. The first-order chi connectivity index (χ1) is 7.34. The maximum Gasteiger partial charge on any atom is 0.136 e. The second-order valence-corrected chi connectivity index (χ2v) is 4.99. The molecule has 1 aromatic heterocycles. The molecule has 0 atom stereocenters. The van der Waals surface area contributed by atoms with Crippen LogP contribution in [0.15, 0.2) is 0 Å². The number of hydrogen-bond acceptors (Lipinski definition) is 2. The van der Waals surface area contributed by atoms with Crippen LogP contribution in [0.3, 0.4) is 0 Å². The van der Waals surface area contributed by atoms with Gasteiger partial charge in [0.2, 0.25) is 0 Å². The van der Waals surface area contributed by atoms with Crippen molar-refractivity contribution in [2.45, 2.75) is 50.9 Å². The van der Waals surface area contributed by atoms with Crippen LogP contribution >= 0.6 is 11.6 Å². The van der Waals surface area contributed by atoms with Gasteiger partial charge in [0.1, 0.15) is 11.0 Å². The standard InChI is InChI=1S/C12H15ClN2/c13-11-9-6-1-2-7-10(9)14-12(15-11)8-4-3-5-8/h8H,1-7H2. The number of hydrogen-bond donors (Lipinski definition) is 0. The molecule has 1 heterocycles. The van der Waals surface area contributed by atoms with Crippen molar-refractivity contribution < 1.29 is 0 Å². The number of rotatable bonds is 1. The molecule has 2 aliphatic rings. The average Bonchev–Trinajstić information content (AvgIpc) is 2.15. The molecule has 15 heavy (non-hydrogen) atoms. The van der Waals surface area contributed by atoms with Crippen molar-refractivity contribution in [3.63, 3.8) is 0 Å². The Balaban J connectivity index is 2.00. The van der Waals surface area contributed by atoms with Gasteiger partial charge in [-0.2, -0.15) is 0 Å². The minimum absolute atomic E-state index is 0.592. The molecule has 0 bridgehead atoms. The zero-order valence-corrected chi connectivity index (χ0v) is 9.56. The van der Waals surface area contributed by atoms with E-state index in [0.717, 1.165) is 23.8 Å². The molecule has 0 amide bonds. The molecule has 80 valence electrons. The van der Waals surface area contributed by atoms with E-state index in [-0.39, 0.29) is 0 Å². The van der Waals surface area contributed by atoms with Gasteiger partial charge in [-0.1, -0.05) is 18.0 Å². The lowest BCUT2D eigenvalue weighted by atomic mass is 9.84. The van der Waals surface area contributed by atoms with Crippen LogP contribution in [0, 0.1) is 0 Å². The zero-order chi connectivity index (χ0) is 10.3. The van der Waals surface area contributed by atoms with Crippen LogP contribution in [0.4, 0.5) is 0 Å². The largest absolute Gasteiger partial charge is 0.237 e. The van der Waals surface area contributed by atoms with Gasteiger partial charge in [-0.05, 0) is 38.5 Å². The maximum atomic E-state index is 6.22. The van der Waals surface area contributed by atoms with E-state index in [1.54, 1.807) is 0 Å². The lowest BCUT2D eigenvalue weighted by molar-refractivity contribution is 0.399. The minimum atomic E-state index is 0.592. The normalized spacial score (nSPS) is 20.9. The minimum Gasteiger partial charge on any atom is -0.237 e. The molecule has 0 aromatic carbocycles. The summed E-state index contributed by atoms with van der Waals surface area (Å²) in [6.45, 7) is 0. The maximum absolute atomic E-state index is 6.22. The molecule has 0 aliphatic heterocycles. The van der Waals surface area contributed by atoms with Gasteiger partial charge in [-0.15, -0.1) is 0 Å². The Morgan fingerprint density at radius 1 is 1.00 bits per heavy atom. The van der Waals surface area contributed by atoms with Gasteiger partial charge in [0, 0.05) is 17.2 Å². The van der Waals surface area contributed by atoms with Crippen molar-refractivity contribution >= 4 is 11.6 Å². The molecular weight excluding hydrogens is 208 g/mol. The van der Waals surface area contributed by atoms with Crippen molar-refractivity contribution in [1.82, 2.24) is 9.97 Å². The average molecular weight is 223 g/mol. The summed E-state index contributed by atoms with van der Waals surface area (Å²) in [4.78, 5) is 9.16. The predicted molar refractivity (Wildman–Crippen MR) is 60.3 cm³/mol. The summed E-state index contributed by atoms with van der Waals surface area (Å²) < 4.78 is 0. The third-order valence-electron chi connectivity index (χ3n) is 3.62. The van der Waals surface area contributed by atoms with Crippen LogP contribution in [-0.2, 0) is 12.8 Å². The molecule has 1 fully saturated rings. The zero-order valence-electron chi connectivity index (χ0n) is 8.80. The molecule has 3 heteroatoms. The molecule has 1 saturated carbocycles. The van der Waals surface area contributed by atoms with E-state index in [0.29, 0.717) is 5.92 Å². The highest BCUT2D eigenvalue weighted by molar-refractivity contribution is 6.30. The van der Waals surface area contributed by atoms with Crippen LogP contribution in [0.1, 0.15) is 55.1 Å². The van der Waals surface area contributed by atoms with Crippen molar-refractivity contribution in [2.75, 3.05) is 0 Å². The summed E-state index contributed by atoms with van der Waals surface area (Å²) in [7, 11) is 0. The third kappa shape index (κ3) is 1.65. The van der Waals surface area contributed by atoms with Crippen molar-refractivity contribution in [3.8, 4) is 0 Å². The Morgan fingerprint density at radius 3 is 2.53 bits per heavy atom. The summed E-state index contributed by atoms with van der Waals surface area (Å²) in [6, 6.07) is 0. The SMILES string of the molecule is Clc1nc(C2CCC2)nc2c1CCCC2. The Kier molecular flexibility index (Phi) is 2.39. The monoisotopic (exact) mass is 222 g/mol. The highest BCUT2D eigenvalue weighted by atomic mass is 35.5. The fourth-order valence-corrected chi connectivity index (χ4v) is 2.71. The molecule has 0 N–H and O–H groups in total. The summed E-state index contributed by atoms with van der Waals surface area (Å²) in [5.41, 5.74) is 2.44. The summed E-state index contributed by atoms with van der Waals surface area (Å²) in [5, 5.41) is 0.724. The lowest BCUT2D eigenvalue weighted by Gasteiger charge is -2.25. The van der Waals surface area contributed by atoms with Crippen LogP contribution < -0.4 is 0 Å². The summed E-state index contributed by atoms with van der Waals surface area (Å²) in [6.07, 6.45) is 8.46. The number of halogens is 1. The highest BCUT2D eigenvalue weighted by Gasteiger charge is 2.25. The molecular formula is C12H15ClN2. The van der Waals surface area contributed by atoms with Crippen molar-refractivity contribution in [1.29, 1.82) is 0 Å². The number of aromatic nitrogens is 2. The van der Waals surface area contributed by atoms with Gasteiger partial charge in [0.05, 0.1) is 0 Å². The van der Waals surface area contributed by atoms with Gasteiger partial charge in [-0.3, -0.25) is 0 Å². The quantitative estimate of drug-likeness (QED) is 0.682. The van der Waals surface area contributed by atoms with E-state index in [1.165, 1.54) is 43.4 Å². The van der Waals surface area contributed by atoms with E-state index < -0.39 is 0 Å². The van der Waals surface area contributed by atoms with E-state index in [2.05, 4.69) is 4.98 Å². The molecule has 0 radical (unpaired) electrons.